The standard InChI is InChI=1S/C17H28F6O6Si2/c1-8-14(31(6,7)29-30(3,4)5)27-11(2)26-12(24)9-10-13(25)28-16(20,15(18)19)17(21,22)23/h9-11,14-15H,8H2,1-7H3/b10-9+. The zero-order valence-corrected chi connectivity index (χ0v) is 20.3. The first kappa shape index (κ1) is 29.6. The molecule has 0 saturated carbocycles. The number of alkyl halides is 6. The summed E-state index contributed by atoms with van der Waals surface area (Å²) in [6, 6.07) is 0. The number of esters is 2. The molecule has 0 radical (unpaired) electrons. The molecule has 182 valence electrons. The molecule has 0 aromatic heterocycles. The molecule has 0 aromatic rings. The Hall–Kier alpha value is -1.39. The van der Waals surface area contributed by atoms with Crippen LogP contribution in [0.15, 0.2) is 12.2 Å². The molecule has 3 unspecified atom stereocenters. The van der Waals surface area contributed by atoms with Crippen molar-refractivity contribution in [3.05, 3.63) is 12.2 Å². The summed E-state index contributed by atoms with van der Waals surface area (Å²) in [4.78, 5) is 23.0. The lowest BCUT2D eigenvalue weighted by atomic mass is 10.3. The van der Waals surface area contributed by atoms with Gasteiger partial charge in [-0.1, -0.05) is 6.92 Å². The van der Waals surface area contributed by atoms with Crippen LogP contribution in [-0.4, -0.2) is 59.0 Å². The van der Waals surface area contributed by atoms with E-state index in [1.807, 2.05) is 39.7 Å². The van der Waals surface area contributed by atoms with Crippen molar-refractivity contribution in [1.29, 1.82) is 0 Å². The van der Waals surface area contributed by atoms with E-state index in [1.54, 1.807) is 0 Å². The van der Waals surface area contributed by atoms with Crippen molar-refractivity contribution in [3.8, 4) is 0 Å². The molecule has 0 aliphatic rings. The molecule has 0 fully saturated rings. The average Bonchev–Trinajstić information content (AvgIpc) is 2.54. The van der Waals surface area contributed by atoms with E-state index in [1.165, 1.54) is 6.92 Å². The summed E-state index contributed by atoms with van der Waals surface area (Å²) in [7, 11) is -4.21. The Balaban J connectivity index is 4.98. The molecule has 0 amide bonds. The fourth-order valence-electron chi connectivity index (χ4n) is 2.61. The van der Waals surface area contributed by atoms with Crippen molar-refractivity contribution < 1.29 is 54.3 Å². The van der Waals surface area contributed by atoms with Gasteiger partial charge in [0.2, 0.25) is 14.6 Å². The fourth-order valence-corrected chi connectivity index (χ4v) is 11.0. The van der Waals surface area contributed by atoms with Gasteiger partial charge in [-0.2, -0.15) is 17.6 Å². The number of carbonyl (C=O) groups is 2. The number of ether oxygens (including phenoxy) is 3. The summed E-state index contributed by atoms with van der Waals surface area (Å²) >= 11 is 0. The predicted molar refractivity (Wildman–Crippen MR) is 104 cm³/mol. The minimum absolute atomic E-state index is 0.0435. The molecule has 0 heterocycles. The lowest BCUT2D eigenvalue weighted by molar-refractivity contribution is -0.354. The molecule has 0 saturated heterocycles. The van der Waals surface area contributed by atoms with Crippen molar-refractivity contribution in [2.24, 2.45) is 0 Å². The van der Waals surface area contributed by atoms with Crippen molar-refractivity contribution in [1.82, 2.24) is 0 Å². The molecule has 0 bridgehead atoms. The Kier molecular flexibility index (Phi) is 10.5. The zero-order chi connectivity index (χ0) is 24.8. The Labute approximate surface area is 179 Å². The van der Waals surface area contributed by atoms with Crippen LogP contribution in [-0.2, 0) is 27.9 Å². The number of rotatable bonds is 11. The first-order valence-electron chi connectivity index (χ1n) is 9.26. The number of hydrogen-bond acceptors (Lipinski definition) is 6. The van der Waals surface area contributed by atoms with Gasteiger partial charge in [0.1, 0.15) is 0 Å². The van der Waals surface area contributed by atoms with Gasteiger partial charge in [-0.15, -0.1) is 0 Å². The molecule has 0 spiro atoms. The van der Waals surface area contributed by atoms with E-state index in [4.69, 9.17) is 13.6 Å². The van der Waals surface area contributed by atoms with Gasteiger partial charge in [0.15, 0.2) is 8.32 Å². The summed E-state index contributed by atoms with van der Waals surface area (Å²) in [5.41, 5.74) is -0.360. The highest BCUT2D eigenvalue weighted by molar-refractivity contribution is 6.84. The minimum atomic E-state index is -6.17. The highest BCUT2D eigenvalue weighted by atomic mass is 28.4. The molecule has 0 rings (SSSR count). The molecule has 6 nitrogen and oxygen atoms in total. The van der Waals surface area contributed by atoms with Crippen LogP contribution in [0.25, 0.3) is 0 Å². The lowest BCUT2D eigenvalue weighted by Crippen LogP contribution is -2.53. The summed E-state index contributed by atoms with van der Waals surface area (Å²) in [6.07, 6.45) is -11.1. The molecule has 0 N–H and O–H groups in total. The first-order chi connectivity index (χ1) is 13.7. The first-order valence-corrected chi connectivity index (χ1v) is 15.7. The topological polar surface area (TPSA) is 71.1 Å². The van der Waals surface area contributed by atoms with E-state index in [2.05, 4.69) is 4.74 Å². The van der Waals surface area contributed by atoms with Crippen molar-refractivity contribution in [3.63, 3.8) is 0 Å². The SMILES string of the molecule is CCC(OC(C)OC(=O)/C=C/C(=O)OC(F)(C(F)F)C(F)(F)F)[Si](C)(C)O[Si](C)(C)C. The van der Waals surface area contributed by atoms with Gasteiger partial charge in [-0.3, -0.25) is 0 Å². The maximum Gasteiger partial charge on any atom is 0.466 e. The highest BCUT2D eigenvalue weighted by Crippen LogP contribution is 2.40. The average molecular weight is 499 g/mol. The van der Waals surface area contributed by atoms with Crippen LogP contribution in [0.5, 0.6) is 0 Å². The van der Waals surface area contributed by atoms with E-state index in [0.717, 1.165) is 0 Å². The molecule has 0 aliphatic carbocycles. The molecule has 0 aliphatic heterocycles. The van der Waals surface area contributed by atoms with Crippen molar-refractivity contribution in [2.45, 2.75) is 83.5 Å². The van der Waals surface area contributed by atoms with Crippen LogP contribution in [0.3, 0.4) is 0 Å². The van der Waals surface area contributed by atoms with E-state index in [0.29, 0.717) is 12.5 Å². The van der Waals surface area contributed by atoms with Gasteiger partial charge >= 0.3 is 30.4 Å². The van der Waals surface area contributed by atoms with Crippen molar-refractivity contribution in [2.75, 3.05) is 0 Å². The second kappa shape index (κ2) is 11.0. The Morgan fingerprint density at radius 2 is 1.45 bits per heavy atom. The third kappa shape index (κ3) is 9.74. The smallest absolute Gasteiger partial charge is 0.454 e. The fraction of sp³-hybridized carbons (Fsp3) is 0.765. The Morgan fingerprint density at radius 1 is 0.968 bits per heavy atom. The summed E-state index contributed by atoms with van der Waals surface area (Å²) in [5, 5.41) is 0. The Bertz CT molecular complexity index is 650. The van der Waals surface area contributed by atoms with Crippen LogP contribution >= 0.6 is 0 Å². The predicted octanol–water partition coefficient (Wildman–Crippen LogP) is 4.86. The molecular weight excluding hydrogens is 470 g/mol. The lowest BCUT2D eigenvalue weighted by Gasteiger charge is -2.38. The summed E-state index contributed by atoms with van der Waals surface area (Å²) in [5.74, 6) is -8.89. The monoisotopic (exact) mass is 498 g/mol. The van der Waals surface area contributed by atoms with Gasteiger partial charge < -0.3 is 18.3 Å². The van der Waals surface area contributed by atoms with Crippen LogP contribution in [0, 0.1) is 0 Å². The molecule has 14 heteroatoms. The van der Waals surface area contributed by atoms with Gasteiger partial charge in [0.05, 0.1) is 5.73 Å². The number of hydrogen-bond donors (Lipinski definition) is 0. The third-order valence-corrected chi connectivity index (χ3v) is 10.3. The van der Waals surface area contributed by atoms with Crippen LogP contribution in [0.4, 0.5) is 26.3 Å². The van der Waals surface area contributed by atoms with E-state index < -0.39 is 53.3 Å². The van der Waals surface area contributed by atoms with Gasteiger partial charge in [-0.05, 0) is 46.1 Å². The largest absolute Gasteiger partial charge is 0.466 e. The molecule has 31 heavy (non-hydrogen) atoms. The highest BCUT2D eigenvalue weighted by Gasteiger charge is 2.66. The van der Waals surface area contributed by atoms with Gasteiger partial charge in [0, 0.05) is 12.2 Å². The van der Waals surface area contributed by atoms with E-state index in [9.17, 15) is 35.9 Å². The second-order valence-corrected chi connectivity index (χ2v) is 16.9. The minimum Gasteiger partial charge on any atom is -0.454 e. The summed E-state index contributed by atoms with van der Waals surface area (Å²) < 4.78 is 95.1. The third-order valence-electron chi connectivity index (χ3n) is 3.63. The normalized spacial score (nSPS) is 17.4. The quantitative estimate of drug-likeness (QED) is 0.133. The number of halogens is 6. The Morgan fingerprint density at radius 3 is 1.84 bits per heavy atom. The molecule has 3 atom stereocenters. The van der Waals surface area contributed by atoms with Crippen LogP contribution in [0.2, 0.25) is 32.7 Å². The van der Waals surface area contributed by atoms with E-state index >= 15 is 0 Å². The van der Waals surface area contributed by atoms with Crippen molar-refractivity contribution >= 4 is 28.6 Å². The molecular formula is C17H28F6O6Si2. The van der Waals surface area contributed by atoms with Gasteiger partial charge in [-0.25, -0.2) is 18.4 Å². The number of carbonyl (C=O) groups excluding carboxylic acids is 2. The van der Waals surface area contributed by atoms with Crippen LogP contribution < -0.4 is 0 Å². The maximum absolute atomic E-state index is 13.3. The van der Waals surface area contributed by atoms with E-state index in [-0.39, 0.29) is 11.8 Å². The second-order valence-electron chi connectivity index (χ2n) is 8.05. The molecule has 0 aromatic carbocycles. The maximum atomic E-state index is 13.3. The van der Waals surface area contributed by atoms with Gasteiger partial charge in [0.25, 0.3) is 0 Å². The summed E-state index contributed by atoms with van der Waals surface area (Å²) in [6.45, 7) is 13.2. The zero-order valence-electron chi connectivity index (χ0n) is 18.3. The van der Waals surface area contributed by atoms with Crippen LogP contribution in [0.1, 0.15) is 20.3 Å².